The maximum atomic E-state index is 5.67. The van der Waals surface area contributed by atoms with Crippen LogP contribution in [0.4, 0.5) is 0 Å². The molecule has 0 N–H and O–H groups in total. The molecule has 0 saturated carbocycles. The zero-order valence-corrected chi connectivity index (χ0v) is 73.0. The molecule has 0 saturated heterocycles. The van der Waals surface area contributed by atoms with Gasteiger partial charge in [-0.25, -0.2) is 19.9 Å². The van der Waals surface area contributed by atoms with Gasteiger partial charge in [0, 0.05) is 11.1 Å². The Hall–Kier alpha value is -12.2. The van der Waals surface area contributed by atoms with E-state index in [1.54, 1.807) is 0 Å². The molecule has 16 bridgehead atoms. The molecule has 114 heavy (non-hydrogen) atoms. The summed E-state index contributed by atoms with van der Waals surface area (Å²) < 4.78 is 0. The molecule has 8 nitrogen and oxygen atoms in total. The Balaban J connectivity index is 0.00000489. The van der Waals surface area contributed by atoms with Crippen molar-refractivity contribution in [1.29, 1.82) is 0 Å². The summed E-state index contributed by atoms with van der Waals surface area (Å²) in [5, 5.41) is 0. The average molecular weight is 1580 g/mol. The van der Waals surface area contributed by atoms with E-state index in [2.05, 4.69) is 352 Å². The normalized spacial score (nSPS) is 11.9. The molecule has 14 aromatic rings. The number of fused-ring (bicyclic) bond motifs is 16. The van der Waals surface area contributed by atoms with E-state index >= 15 is 0 Å². The van der Waals surface area contributed by atoms with Crippen molar-refractivity contribution < 1.29 is 39.0 Å². The first kappa shape index (κ1) is 75.8. The summed E-state index contributed by atoms with van der Waals surface area (Å²) >= 11 is 0. The van der Waals surface area contributed by atoms with Gasteiger partial charge in [0.15, 0.2) is 0 Å². The van der Waals surface area contributed by atoms with Crippen LogP contribution >= 0.6 is 0 Å². The van der Waals surface area contributed by atoms with Crippen molar-refractivity contribution in [2.24, 2.45) is 0 Å². The van der Waals surface area contributed by atoms with Crippen molar-refractivity contribution in [3.63, 3.8) is 0 Å². The third-order valence-corrected chi connectivity index (χ3v) is 22.3. The predicted octanol–water partition coefficient (Wildman–Crippen LogP) is 25.2. The van der Waals surface area contributed by atoms with Gasteiger partial charge < -0.3 is 19.9 Å². The van der Waals surface area contributed by atoms with Crippen molar-refractivity contribution in [3.05, 3.63) is 329 Å². The van der Waals surface area contributed by atoms with Gasteiger partial charge in [0.2, 0.25) is 0 Å². The molecular weight excluding hydrogens is 1490 g/mol. The molecule has 4 aliphatic heterocycles. The number of benzene rings is 8. The molecule has 0 radical (unpaired) electrons. The van der Waals surface area contributed by atoms with Crippen LogP contribution in [0.25, 0.3) is 182 Å². The SMILES string of the molecule is Cc1ccc(-[13c]2c3nc(c(-c4c(C)cc(C)cc4C)c4ccc([n-]4)c(-c4ccc(C#Cc5ccc(-c6c7nc(c(-c8c(C)cc(C)cc8C)c8ccc([n-]8)[13c](-c8ccc(C)cc8)c8nc(c(-c9c(C)cc(C)cc9C)c9ccc6[n-]9)C=C8)C=C7)cc5)cc4)c4nc(c(-c5c(C)cc(C)cc5C)c5ccc2[n-]5)C=C4)C=C3)cc1.[Zn+2].[Zn+2]. The molecule has 542 valence electrons. The van der Waals surface area contributed by atoms with Crippen LogP contribution in [0.15, 0.2) is 194 Å². The van der Waals surface area contributed by atoms with E-state index in [1.165, 1.54) is 33.4 Å². The van der Waals surface area contributed by atoms with Gasteiger partial charge in [-0.3, -0.25) is 0 Å². The first-order chi connectivity index (χ1) is 54.2. The largest absolute Gasteiger partial charge is 2.00 e. The Bertz CT molecular complexity index is 6310. The summed E-state index contributed by atoms with van der Waals surface area (Å²) in [6, 6.07) is 69.7. The summed E-state index contributed by atoms with van der Waals surface area (Å²) in [4.78, 5) is 45.1. The van der Waals surface area contributed by atoms with E-state index < -0.39 is 0 Å². The van der Waals surface area contributed by atoms with E-state index in [9.17, 15) is 0 Å². The second kappa shape index (κ2) is 30.4. The molecule has 0 aliphatic carbocycles. The van der Waals surface area contributed by atoms with Gasteiger partial charge in [0.25, 0.3) is 0 Å². The van der Waals surface area contributed by atoms with Crippen LogP contribution in [0.2, 0.25) is 0 Å². The zero-order chi connectivity index (χ0) is 77.1. The van der Waals surface area contributed by atoms with Crippen molar-refractivity contribution in [3.8, 4) is 101 Å². The Kier molecular flexibility index (Phi) is 20.2. The summed E-state index contributed by atoms with van der Waals surface area (Å²) in [6.07, 6.45) is 17.2. The maximum absolute atomic E-state index is 5.67. The van der Waals surface area contributed by atoms with Gasteiger partial charge in [-0.05, 0) is 303 Å². The van der Waals surface area contributed by atoms with E-state index in [1.807, 2.05) is 0 Å². The smallest absolute Gasteiger partial charge is 0.657 e. The minimum absolute atomic E-state index is 0. The standard InChI is InChI=1S/C104H82N8.2Zn/c1-57-15-25-73(26-16-57)97-77-33-41-85(105-77)101(93-63(7)49-59(3)50-64(93)8)89-45-37-81(109-89)99(82-38-46-90(110-82)102(86-42-34-78(97)106-86)94-65(9)51-60(4)52-66(94)10)75-29-21-71(22-30-75)19-20-72-23-31-76(32-24-72)100-83-39-47-91(111-83)103(95-67(11)53-61(5)54-68(95)12)87-43-35-79(107-87)98(74-27-17-58(2)18-28-74)80-36-44-88(108-80)104(92-48-40-84(100)112-92)96-69(13)55-62(6)56-70(96)14;;/h15-18,21-56H,1-14H3;;/q-4;2*+2/i97+1,98+1;;. The number of aryl methyl sites for hydroxylation is 14. The molecule has 8 aromatic carbocycles. The van der Waals surface area contributed by atoms with E-state index in [4.69, 9.17) is 39.9 Å². The summed E-state index contributed by atoms with van der Waals surface area (Å²) in [5.41, 5.74) is 47.4. The van der Waals surface area contributed by atoms with E-state index in [0.29, 0.717) is 0 Å². The number of hydrogen-bond acceptors (Lipinski definition) is 4. The molecule has 6 aromatic heterocycles. The van der Waals surface area contributed by atoms with Crippen LogP contribution in [0, 0.1) is 109 Å². The topological polar surface area (TPSA) is 108 Å². The molecule has 0 atom stereocenters. The van der Waals surface area contributed by atoms with Gasteiger partial charge >= 0.3 is 39.0 Å². The average Bonchev–Trinajstić information content (AvgIpc) is 1.62. The molecule has 10 heteroatoms. The van der Waals surface area contributed by atoms with Gasteiger partial charge in [-0.2, -0.15) is 0 Å². The van der Waals surface area contributed by atoms with Crippen molar-refractivity contribution >= 4 is 92.7 Å². The van der Waals surface area contributed by atoms with Crippen molar-refractivity contribution in [2.45, 2.75) is 96.9 Å². The van der Waals surface area contributed by atoms with Crippen LogP contribution in [0.5, 0.6) is 0 Å². The molecule has 18 rings (SSSR count). The van der Waals surface area contributed by atoms with E-state index in [-0.39, 0.29) is 39.0 Å². The molecule has 0 fully saturated rings. The summed E-state index contributed by atoms with van der Waals surface area (Å²) in [7, 11) is 0. The first-order valence-corrected chi connectivity index (χ1v) is 38.5. The third kappa shape index (κ3) is 13.9. The third-order valence-electron chi connectivity index (χ3n) is 22.3. The number of nitrogens with zero attached hydrogens (tertiary/aromatic N) is 8. The predicted molar refractivity (Wildman–Crippen MR) is 469 cm³/mol. The Morgan fingerprint density at radius 2 is 0.351 bits per heavy atom. The molecular formula is C104H82N8Zn2. The van der Waals surface area contributed by atoms with E-state index in [0.717, 1.165) is 234 Å². The van der Waals surface area contributed by atoms with Crippen LogP contribution in [0.3, 0.4) is 0 Å². The molecule has 4 aliphatic rings. The van der Waals surface area contributed by atoms with Gasteiger partial charge in [-0.1, -0.05) is 215 Å². The quantitative estimate of drug-likeness (QED) is 0.109. The van der Waals surface area contributed by atoms with Gasteiger partial charge in [-0.15, -0.1) is 44.1 Å². The molecule has 10 heterocycles. The fourth-order valence-corrected chi connectivity index (χ4v) is 17.7. The number of hydrogen-bond donors (Lipinski definition) is 0. The minimum atomic E-state index is 0. The fraction of sp³-hybridized carbons (Fsp3) is 0.135. The zero-order valence-electron chi connectivity index (χ0n) is 67.1. The van der Waals surface area contributed by atoms with Gasteiger partial charge in [0.1, 0.15) is 0 Å². The number of rotatable bonds is 8. The van der Waals surface area contributed by atoms with Crippen LogP contribution in [-0.4, -0.2) is 19.9 Å². The molecule has 0 spiro atoms. The summed E-state index contributed by atoms with van der Waals surface area (Å²) in [6.45, 7) is 30.4. The maximum Gasteiger partial charge on any atom is 2.00 e. The Labute approximate surface area is 692 Å². The second-order valence-corrected chi connectivity index (χ2v) is 31.0. The van der Waals surface area contributed by atoms with Gasteiger partial charge in [0.05, 0.1) is 45.6 Å². The Morgan fingerprint density at radius 1 is 0.184 bits per heavy atom. The first-order valence-electron chi connectivity index (χ1n) is 38.5. The fourth-order valence-electron chi connectivity index (χ4n) is 17.7. The molecule has 0 unspecified atom stereocenters. The van der Waals surface area contributed by atoms with Crippen molar-refractivity contribution in [1.82, 2.24) is 39.9 Å². The minimum Gasteiger partial charge on any atom is -0.657 e. The molecule has 0 amide bonds. The Morgan fingerprint density at radius 3 is 0.544 bits per heavy atom. The van der Waals surface area contributed by atoms with Crippen LogP contribution in [0.1, 0.15) is 135 Å². The van der Waals surface area contributed by atoms with Crippen molar-refractivity contribution in [2.75, 3.05) is 0 Å². The van der Waals surface area contributed by atoms with Crippen LogP contribution < -0.4 is 19.9 Å². The summed E-state index contributed by atoms with van der Waals surface area (Å²) in [5.74, 6) is 7.10. The monoisotopic (exact) mass is 1570 g/mol. The second-order valence-electron chi connectivity index (χ2n) is 31.0. The number of aromatic nitrogens is 8. The van der Waals surface area contributed by atoms with Crippen LogP contribution in [-0.2, 0) is 39.0 Å².